The molecule has 0 radical (unpaired) electrons. The van der Waals surface area contributed by atoms with Gasteiger partial charge in [-0.05, 0) is 53.8 Å². The van der Waals surface area contributed by atoms with Gasteiger partial charge in [0.05, 0.1) is 19.3 Å². The summed E-state index contributed by atoms with van der Waals surface area (Å²) in [5.74, 6) is 2.06. The molecule has 0 spiro atoms. The van der Waals surface area contributed by atoms with Gasteiger partial charge in [0.2, 0.25) is 5.91 Å². The number of benzene rings is 2. The minimum absolute atomic E-state index is 0.00296. The van der Waals surface area contributed by atoms with Crippen molar-refractivity contribution >= 4 is 5.91 Å². The van der Waals surface area contributed by atoms with Crippen LogP contribution in [0.1, 0.15) is 36.4 Å². The molecule has 28 heavy (non-hydrogen) atoms. The Morgan fingerprint density at radius 2 is 1.61 bits per heavy atom. The minimum Gasteiger partial charge on any atom is -0.493 e. The average Bonchev–Trinajstić information content (AvgIpc) is 3.22. The monoisotopic (exact) mass is 379 g/mol. The summed E-state index contributed by atoms with van der Waals surface area (Å²) in [6.45, 7) is 2.74. The van der Waals surface area contributed by atoms with Crippen molar-refractivity contribution in [1.29, 1.82) is 0 Å². The van der Waals surface area contributed by atoms with Crippen LogP contribution in [0.2, 0.25) is 0 Å². The molecule has 146 valence electrons. The fourth-order valence-corrected chi connectivity index (χ4v) is 4.34. The van der Waals surface area contributed by atoms with Crippen LogP contribution in [-0.2, 0) is 16.0 Å². The highest BCUT2D eigenvalue weighted by atomic mass is 16.5. The fraction of sp³-hybridized carbons (Fsp3) is 0.435. The van der Waals surface area contributed by atoms with Crippen molar-refractivity contribution in [1.82, 2.24) is 5.32 Å². The first-order valence-corrected chi connectivity index (χ1v) is 10.2. The molecule has 5 rings (SSSR count). The standard InChI is InChI=1S/C23H25NO4/c25-23(15-5-9-26-10-6-15)24-20-8-12-28-22-4-2-17(14-19(20)22)16-1-3-21-18(13-16)7-11-27-21/h1-4,13-15,20H,5-12H2,(H,24,25). The molecule has 1 amide bonds. The molecule has 5 heteroatoms. The van der Waals surface area contributed by atoms with Crippen molar-refractivity contribution in [2.24, 2.45) is 5.92 Å². The first-order valence-electron chi connectivity index (χ1n) is 10.2. The zero-order valence-electron chi connectivity index (χ0n) is 15.9. The van der Waals surface area contributed by atoms with Crippen LogP contribution in [0.25, 0.3) is 11.1 Å². The normalized spacial score (nSPS) is 21.2. The van der Waals surface area contributed by atoms with Crippen LogP contribution in [0.5, 0.6) is 11.5 Å². The van der Waals surface area contributed by atoms with E-state index in [0.29, 0.717) is 19.8 Å². The Morgan fingerprint density at radius 3 is 2.46 bits per heavy atom. The molecule has 2 aromatic carbocycles. The predicted octanol–water partition coefficient (Wildman–Crippen LogP) is 3.65. The third-order valence-electron chi connectivity index (χ3n) is 5.98. The maximum atomic E-state index is 12.7. The summed E-state index contributed by atoms with van der Waals surface area (Å²) < 4.78 is 16.9. The highest BCUT2D eigenvalue weighted by Crippen LogP contribution is 2.37. The number of nitrogens with one attached hydrogen (secondary N) is 1. The van der Waals surface area contributed by atoms with Gasteiger partial charge in [-0.1, -0.05) is 12.1 Å². The van der Waals surface area contributed by atoms with Crippen LogP contribution in [0.4, 0.5) is 0 Å². The summed E-state index contributed by atoms with van der Waals surface area (Å²) in [6, 6.07) is 12.7. The molecular formula is C23H25NO4. The van der Waals surface area contributed by atoms with E-state index in [-0.39, 0.29) is 17.9 Å². The topological polar surface area (TPSA) is 56.8 Å². The molecule has 0 saturated carbocycles. The Hall–Kier alpha value is -2.53. The number of hydrogen-bond donors (Lipinski definition) is 1. The number of amides is 1. The second-order valence-electron chi connectivity index (χ2n) is 7.76. The van der Waals surface area contributed by atoms with E-state index in [0.717, 1.165) is 54.9 Å². The summed E-state index contributed by atoms with van der Waals surface area (Å²) in [5.41, 5.74) is 4.65. The van der Waals surface area contributed by atoms with Crippen molar-refractivity contribution in [3.8, 4) is 22.6 Å². The second-order valence-corrected chi connectivity index (χ2v) is 7.76. The van der Waals surface area contributed by atoms with E-state index in [1.165, 1.54) is 11.1 Å². The third-order valence-corrected chi connectivity index (χ3v) is 5.98. The van der Waals surface area contributed by atoms with Gasteiger partial charge in [-0.15, -0.1) is 0 Å². The molecule has 3 aliphatic heterocycles. The van der Waals surface area contributed by atoms with Gasteiger partial charge in [0, 0.05) is 37.5 Å². The molecule has 0 aliphatic carbocycles. The van der Waals surface area contributed by atoms with Crippen LogP contribution >= 0.6 is 0 Å². The Balaban J connectivity index is 1.40. The number of fused-ring (bicyclic) bond motifs is 2. The first-order chi connectivity index (χ1) is 13.8. The Bertz CT molecular complexity index is 888. The highest BCUT2D eigenvalue weighted by molar-refractivity contribution is 5.79. The Labute approximate surface area is 165 Å². The Kier molecular flexibility index (Phi) is 4.69. The van der Waals surface area contributed by atoms with Gasteiger partial charge in [-0.3, -0.25) is 4.79 Å². The lowest BCUT2D eigenvalue weighted by Gasteiger charge is -2.29. The number of ether oxygens (including phenoxy) is 3. The van der Waals surface area contributed by atoms with Crippen LogP contribution in [0, 0.1) is 5.92 Å². The van der Waals surface area contributed by atoms with Crippen molar-refractivity contribution in [3.63, 3.8) is 0 Å². The predicted molar refractivity (Wildman–Crippen MR) is 106 cm³/mol. The van der Waals surface area contributed by atoms with Crippen molar-refractivity contribution in [2.75, 3.05) is 26.4 Å². The van der Waals surface area contributed by atoms with E-state index in [2.05, 4.69) is 35.6 Å². The van der Waals surface area contributed by atoms with Gasteiger partial charge in [0.15, 0.2) is 0 Å². The quantitative estimate of drug-likeness (QED) is 0.884. The Morgan fingerprint density at radius 1 is 0.857 bits per heavy atom. The van der Waals surface area contributed by atoms with Crippen LogP contribution in [0.3, 0.4) is 0 Å². The van der Waals surface area contributed by atoms with Crippen LogP contribution in [0.15, 0.2) is 36.4 Å². The van der Waals surface area contributed by atoms with E-state index in [1.54, 1.807) is 0 Å². The molecule has 5 nitrogen and oxygen atoms in total. The molecule has 1 unspecified atom stereocenters. The van der Waals surface area contributed by atoms with Crippen LogP contribution < -0.4 is 14.8 Å². The summed E-state index contributed by atoms with van der Waals surface area (Å²) in [7, 11) is 0. The van der Waals surface area contributed by atoms with Gasteiger partial charge < -0.3 is 19.5 Å². The highest BCUT2D eigenvalue weighted by Gasteiger charge is 2.28. The average molecular weight is 379 g/mol. The zero-order chi connectivity index (χ0) is 18.9. The van der Waals surface area contributed by atoms with Gasteiger partial charge in [-0.2, -0.15) is 0 Å². The van der Waals surface area contributed by atoms with Crippen LogP contribution in [-0.4, -0.2) is 32.3 Å². The van der Waals surface area contributed by atoms with E-state index < -0.39 is 0 Å². The number of carbonyl (C=O) groups is 1. The molecule has 1 N–H and O–H groups in total. The maximum Gasteiger partial charge on any atom is 0.223 e. The fourth-order valence-electron chi connectivity index (χ4n) is 4.34. The molecule has 2 aromatic rings. The largest absolute Gasteiger partial charge is 0.493 e. The molecule has 3 heterocycles. The molecule has 3 aliphatic rings. The van der Waals surface area contributed by atoms with E-state index in [4.69, 9.17) is 14.2 Å². The van der Waals surface area contributed by atoms with Crippen molar-refractivity contribution < 1.29 is 19.0 Å². The summed E-state index contributed by atoms with van der Waals surface area (Å²) >= 11 is 0. The second kappa shape index (κ2) is 7.47. The lowest BCUT2D eigenvalue weighted by molar-refractivity contribution is -0.128. The van der Waals surface area contributed by atoms with Crippen molar-refractivity contribution in [2.45, 2.75) is 31.7 Å². The molecule has 1 saturated heterocycles. The summed E-state index contributed by atoms with van der Waals surface area (Å²) in [4.78, 5) is 12.7. The zero-order valence-corrected chi connectivity index (χ0v) is 15.9. The van der Waals surface area contributed by atoms with E-state index in [9.17, 15) is 4.79 Å². The van der Waals surface area contributed by atoms with Gasteiger partial charge in [0.1, 0.15) is 11.5 Å². The maximum absolute atomic E-state index is 12.7. The SMILES string of the molecule is O=C(NC1CCOc2ccc(-c3ccc4c(c3)CCO4)cc21)C1CCOCC1. The van der Waals surface area contributed by atoms with E-state index >= 15 is 0 Å². The van der Waals surface area contributed by atoms with Gasteiger partial charge in [-0.25, -0.2) is 0 Å². The summed E-state index contributed by atoms with van der Waals surface area (Å²) in [5, 5.41) is 3.27. The third kappa shape index (κ3) is 3.35. The molecular weight excluding hydrogens is 354 g/mol. The smallest absolute Gasteiger partial charge is 0.223 e. The summed E-state index contributed by atoms with van der Waals surface area (Å²) in [6.07, 6.45) is 3.36. The molecule has 0 bridgehead atoms. The number of hydrogen-bond acceptors (Lipinski definition) is 4. The molecule has 1 fully saturated rings. The lowest BCUT2D eigenvalue weighted by atomic mass is 9.93. The van der Waals surface area contributed by atoms with Gasteiger partial charge >= 0.3 is 0 Å². The molecule has 0 aromatic heterocycles. The number of rotatable bonds is 3. The van der Waals surface area contributed by atoms with Gasteiger partial charge in [0.25, 0.3) is 0 Å². The lowest BCUT2D eigenvalue weighted by Crippen LogP contribution is -2.38. The van der Waals surface area contributed by atoms with E-state index in [1.807, 2.05) is 6.07 Å². The molecule has 1 atom stereocenters. The number of carbonyl (C=O) groups excluding carboxylic acids is 1. The first kappa shape index (κ1) is 17.6. The minimum atomic E-state index is -0.00296. The van der Waals surface area contributed by atoms with Crippen molar-refractivity contribution in [3.05, 3.63) is 47.5 Å².